The van der Waals surface area contributed by atoms with Crippen molar-refractivity contribution < 1.29 is 4.79 Å². The Hall–Kier alpha value is -1.85. The van der Waals surface area contributed by atoms with E-state index in [4.69, 9.17) is 0 Å². The molecule has 1 aliphatic rings. The van der Waals surface area contributed by atoms with Crippen molar-refractivity contribution in [2.24, 2.45) is 5.92 Å². The lowest BCUT2D eigenvalue weighted by Gasteiger charge is -2.27. The Morgan fingerprint density at radius 3 is 2.82 bits per heavy atom. The van der Waals surface area contributed by atoms with E-state index in [0.717, 1.165) is 31.0 Å². The molecule has 22 heavy (non-hydrogen) atoms. The number of benzene rings is 1. The summed E-state index contributed by atoms with van der Waals surface area (Å²) in [5, 5.41) is 10.5. The highest BCUT2D eigenvalue weighted by Crippen LogP contribution is 2.15. The Balaban J connectivity index is 0.00000176. The molecule has 2 aromatic rings. The first-order chi connectivity index (χ1) is 10.1. The summed E-state index contributed by atoms with van der Waals surface area (Å²) >= 11 is 0. The highest BCUT2D eigenvalue weighted by molar-refractivity contribution is 5.95. The fourth-order valence-corrected chi connectivity index (χ4v) is 2.48. The van der Waals surface area contributed by atoms with Crippen LogP contribution in [0.3, 0.4) is 0 Å². The molecule has 1 aromatic carbocycles. The molecule has 0 atom stereocenters. The zero-order chi connectivity index (χ0) is 14.8. The molecule has 1 fully saturated rings. The first-order valence-electron chi connectivity index (χ1n) is 7.25. The molecule has 6 heteroatoms. The minimum Gasteiger partial charge on any atom is -0.352 e. The molecule has 0 unspecified atom stereocenters. The molecule has 2 heterocycles. The molecular weight excluding hydrogens is 300 g/mol. The van der Waals surface area contributed by atoms with Gasteiger partial charge in [-0.2, -0.15) is 5.10 Å². The Bertz CT molecular complexity index is 664. The number of halogens is 1. The lowest BCUT2D eigenvalue weighted by Crippen LogP contribution is -2.48. The van der Waals surface area contributed by atoms with Crippen LogP contribution >= 0.6 is 12.4 Å². The minimum atomic E-state index is -0.0432. The van der Waals surface area contributed by atoms with Crippen molar-refractivity contribution in [2.75, 3.05) is 19.6 Å². The van der Waals surface area contributed by atoms with E-state index >= 15 is 0 Å². The van der Waals surface area contributed by atoms with E-state index in [1.807, 2.05) is 36.7 Å². The highest BCUT2D eigenvalue weighted by atomic mass is 35.5. The smallest absolute Gasteiger partial charge is 0.254 e. The molecule has 1 saturated heterocycles. The Morgan fingerprint density at radius 2 is 2.18 bits per heavy atom. The summed E-state index contributed by atoms with van der Waals surface area (Å²) in [5.41, 5.74) is 3.66. The lowest BCUT2D eigenvalue weighted by molar-refractivity contribution is 0.0941. The van der Waals surface area contributed by atoms with Gasteiger partial charge in [0.1, 0.15) is 0 Å². The van der Waals surface area contributed by atoms with Gasteiger partial charge in [-0.1, -0.05) is 12.1 Å². The second-order valence-corrected chi connectivity index (χ2v) is 5.63. The fourth-order valence-electron chi connectivity index (χ4n) is 2.48. The van der Waals surface area contributed by atoms with Crippen molar-refractivity contribution in [3.05, 3.63) is 47.3 Å². The van der Waals surface area contributed by atoms with Gasteiger partial charge >= 0.3 is 0 Å². The average molecular weight is 321 g/mol. The van der Waals surface area contributed by atoms with E-state index in [9.17, 15) is 4.79 Å². The molecule has 0 saturated carbocycles. The molecular formula is C16H21ClN4O. The number of aromatic nitrogens is 2. The van der Waals surface area contributed by atoms with Gasteiger partial charge in [0, 0.05) is 25.6 Å². The molecule has 1 amide bonds. The third-order valence-electron chi connectivity index (χ3n) is 3.92. The van der Waals surface area contributed by atoms with E-state index in [2.05, 4.69) is 21.8 Å². The van der Waals surface area contributed by atoms with Crippen molar-refractivity contribution in [3.63, 3.8) is 0 Å². The number of carbonyl (C=O) groups excluding carboxylic acids is 1. The maximum atomic E-state index is 12.2. The molecule has 3 rings (SSSR count). The van der Waals surface area contributed by atoms with Gasteiger partial charge in [0.05, 0.1) is 23.1 Å². The van der Waals surface area contributed by atoms with E-state index < -0.39 is 0 Å². The summed E-state index contributed by atoms with van der Waals surface area (Å²) < 4.78 is 1.81. The minimum absolute atomic E-state index is 0. The highest BCUT2D eigenvalue weighted by Gasteiger charge is 2.19. The first-order valence-corrected chi connectivity index (χ1v) is 7.25. The molecule has 118 valence electrons. The van der Waals surface area contributed by atoms with Crippen LogP contribution in [-0.2, 0) is 0 Å². The summed E-state index contributed by atoms with van der Waals surface area (Å²) in [6, 6.07) is 8.09. The van der Waals surface area contributed by atoms with Crippen LogP contribution in [0, 0.1) is 19.8 Å². The monoisotopic (exact) mass is 320 g/mol. The van der Waals surface area contributed by atoms with Gasteiger partial charge in [-0.25, -0.2) is 4.68 Å². The van der Waals surface area contributed by atoms with Gasteiger partial charge in [0.2, 0.25) is 0 Å². The van der Waals surface area contributed by atoms with Crippen LogP contribution in [-0.4, -0.2) is 35.3 Å². The van der Waals surface area contributed by atoms with Crippen molar-refractivity contribution >= 4 is 18.3 Å². The Morgan fingerprint density at radius 1 is 1.41 bits per heavy atom. The van der Waals surface area contributed by atoms with Crippen molar-refractivity contribution in [1.29, 1.82) is 0 Å². The van der Waals surface area contributed by atoms with Crippen LogP contribution in [0.15, 0.2) is 30.5 Å². The number of carbonyl (C=O) groups is 1. The van der Waals surface area contributed by atoms with Gasteiger partial charge < -0.3 is 10.6 Å². The van der Waals surface area contributed by atoms with Crippen LogP contribution < -0.4 is 10.6 Å². The quantitative estimate of drug-likeness (QED) is 0.904. The summed E-state index contributed by atoms with van der Waals surface area (Å²) in [6.45, 7) is 6.67. The summed E-state index contributed by atoms with van der Waals surface area (Å²) in [5.74, 6) is 0.513. The van der Waals surface area contributed by atoms with Gasteiger partial charge in [-0.15, -0.1) is 12.4 Å². The number of hydrogen-bond donors (Lipinski definition) is 2. The maximum Gasteiger partial charge on any atom is 0.254 e. The van der Waals surface area contributed by atoms with E-state index in [-0.39, 0.29) is 18.3 Å². The number of aryl methyl sites for hydroxylation is 1. The van der Waals surface area contributed by atoms with Crippen LogP contribution in [0.2, 0.25) is 0 Å². The van der Waals surface area contributed by atoms with Crippen molar-refractivity contribution in [2.45, 2.75) is 13.8 Å². The fraction of sp³-hybridized carbons (Fsp3) is 0.375. The van der Waals surface area contributed by atoms with E-state index in [0.29, 0.717) is 11.5 Å². The third-order valence-corrected chi connectivity index (χ3v) is 3.92. The predicted molar refractivity (Wildman–Crippen MR) is 89.0 cm³/mol. The van der Waals surface area contributed by atoms with Gasteiger partial charge in [0.25, 0.3) is 5.91 Å². The number of nitrogens with one attached hydrogen (secondary N) is 2. The van der Waals surface area contributed by atoms with E-state index in [1.165, 1.54) is 5.56 Å². The molecule has 1 aliphatic heterocycles. The van der Waals surface area contributed by atoms with Gasteiger partial charge in [-0.3, -0.25) is 4.79 Å². The maximum absolute atomic E-state index is 12.2. The van der Waals surface area contributed by atoms with Crippen molar-refractivity contribution in [1.82, 2.24) is 20.4 Å². The lowest BCUT2D eigenvalue weighted by atomic mass is 10.0. The Kier molecular flexibility index (Phi) is 5.21. The van der Waals surface area contributed by atoms with Crippen LogP contribution in [0.4, 0.5) is 0 Å². The molecule has 0 radical (unpaired) electrons. The largest absolute Gasteiger partial charge is 0.352 e. The number of nitrogens with zero attached hydrogens (tertiary/aromatic N) is 2. The second-order valence-electron chi connectivity index (χ2n) is 5.63. The number of amides is 1. The molecule has 2 N–H and O–H groups in total. The number of hydrogen-bond acceptors (Lipinski definition) is 3. The third kappa shape index (κ3) is 3.31. The standard InChI is InChI=1S/C16H20N4O.ClH/c1-11-4-3-5-14(6-11)20-12(2)15(10-19-20)16(21)18-9-13-7-17-8-13;/h3-6,10,13,17H,7-9H2,1-2H3,(H,18,21);1H. The molecule has 0 spiro atoms. The van der Waals surface area contributed by atoms with Crippen LogP contribution in [0.1, 0.15) is 21.6 Å². The predicted octanol–water partition coefficient (Wildman–Crippen LogP) is 1.86. The summed E-state index contributed by atoms with van der Waals surface area (Å²) in [7, 11) is 0. The summed E-state index contributed by atoms with van der Waals surface area (Å²) in [4.78, 5) is 12.2. The van der Waals surface area contributed by atoms with Crippen LogP contribution in [0.5, 0.6) is 0 Å². The van der Waals surface area contributed by atoms with E-state index in [1.54, 1.807) is 6.20 Å². The molecule has 0 bridgehead atoms. The average Bonchev–Trinajstić information content (AvgIpc) is 2.78. The SMILES string of the molecule is Cc1cccc(-n2ncc(C(=O)NCC3CNC3)c2C)c1.Cl. The second kappa shape index (κ2) is 6.94. The summed E-state index contributed by atoms with van der Waals surface area (Å²) in [6.07, 6.45) is 1.64. The molecule has 1 aromatic heterocycles. The van der Waals surface area contributed by atoms with Gasteiger partial charge in [-0.05, 0) is 31.5 Å². The van der Waals surface area contributed by atoms with Crippen molar-refractivity contribution in [3.8, 4) is 5.69 Å². The zero-order valence-corrected chi connectivity index (χ0v) is 13.6. The topological polar surface area (TPSA) is 59.0 Å². The normalized spacial score (nSPS) is 14.1. The van der Waals surface area contributed by atoms with Gasteiger partial charge in [0.15, 0.2) is 0 Å². The first kappa shape index (κ1) is 16.5. The van der Waals surface area contributed by atoms with Crippen LogP contribution in [0.25, 0.3) is 5.69 Å². The number of rotatable bonds is 4. The zero-order valence-electron chi connectivity index (χ0n) is 12.8. The molecule has 5 nitrogen and oxygen atoms in total. The Labute approximate surface area is 136 Å². The molecule has 0 aliphatic carbocycles.